The molecule has 0 spiro atoms. The average molecular weight is 485 g/mol. The molecule has 0 saturated carbocycles. The van der Waals surface area contributed by atoms with E-state index in [2.05, 4.69) is 58.0 Å². The van der Waals surface area contributed by atoms with Crippen LogP contribution in [0.4, 0.5) is 0 Å². The summed E-state index contributed by atoms with van der Waals surface area (Å²) in [5.41, 5.74) is 4.80. The monoisotopic (exact) mass is 485 g/mol. The first-order valence-electron chi connectivity index (χ1n) is 9.16. The van der Waals surface area contributed by atoms with Crippen molar-refractivity contribution in [1.82, 2.24) is 20.4 Å². The fraction of sp³-hybridized carbons (Fsp3) is 0.500. The van der Waals surface area contributed by atoms with Crippen molar-refractivity contribution in [1.29, 1.82) is 0 Å². The Morgan fingerprint density at radius 3 is 2.59 bits per heavy atom. The molecule has 0 aliphatic carbocycles. The van der Waals surface area contributed by atoms with Gasteiger partial charge in [0.2, 0.25) is 0 Å². The van der Waals surface area contributed by atoms with E-state index in [1.807, 2.05) is 11.6 Å². The van der Waals surface area contributed by atoms with Crippen molar-refractivity contribution in [3.05, 3.63) is 52.8 Å². The number of benzene rings is 1. The molecule has 0 amide bonds. The van der Waals surface area contributed by atoms with Gasteiger partial charge in [-0.25, -0.2) is 0 Å². The highest BCUT2D eigenvalue weighted by Crippen LogP contribution is 2.12. The first-order chi connectivity index (χ1) is 12.7. The molecule has 27 heavy (non-hydrogen) atoms. The van der Waals surface area contributed by atoms with Gasteiger partial charge in [-0.1, -0.05) is 30.3 Å². The molecule has 0 aliphatic heterocycles. The summed E-state index contributed by atoms with van der Waals surface area (Å²) >= 11 is 0. The number of methoxy groups -OCH3 is 1. The molecule has 1 aromatic heterocycles. The number of aliphatic imine (C=N–C) groups is 1. The topological polar surface area (TPSA) is 63.5 Å². The zero-order valence-electron chi connectivity index (χ0n) is 16.8. The molecule has 2 rings (SSSR count). The molecule has 2 aromatic rings. The van der Waals surface area contributed by atoms with Crippen molar-refractivity contribution in [2.75, 3.05) is 27.3 Å². The van der Waals surface area contributed by atoms with Crippen LogP contribution in [0.5, 0.6) is 0 Å². The summed E-state index contributed by atoms with van der Waals surface area (Å²) < 4.78 is 7.15. The summed E-state index contributed by atoms with van der Waals surface area (Å²) in [5.74, 6) is 0.821. The SMILES string of the molecule is CN=C(NCCCc1ccccc1)NCc1c(C)nn(CCOC)c1C.I. The summed E-state index contributed by atoms with van der Waals surface area (Å²) in [5, 5.41) is 11.4. The molecular weight excluding hydrogens is 453 g/mol. The Balaban J connectivity index is 0.00000364. The van der Waals surface area contributed by atoms with E-state index in [1.54, 1.807) is 14.2 Å². The Kier molecular flexibility index (Phi) is 11.0. The molecule has 0 unspecified atom stereocenters. The second kappa shape index (κ2) is 12.7. The minimum absolute atomic E-state index is 0. The fourth-order valence-corrected chi connectivity index (χ4v) is 2.92. The van der Waals surface area contributed by atoms with Crippen LogP contribution in [-0.2, 0) is 24.2 Å². The van der Waals surface area contributed by atoms with Crippen LogP contribution in [0.2, 0.25) is 0 Å². The van der Waals surface area contributed by atoms with Gasteiger partial charge in [-0.05, 0) is 32.3 Å². The Hall–Kier alpha value is -1.61. The lowest BCUT2D eigenvalue weighted by atomic mass is 10.1. The Morgan fingerprint density at radius 1 is 1.19 bits per heavy atom. The van der Waals surface area contributed by atoms with E-state index >= 15 is 0 Å². The lowest BCUT2D eigenvalue weighted by molar-refractivity contribution is 0.182. The molecule has 6 nitrogen and oxygen atoms in total. The third-order valence-electron chi connectivity index (χ3n) is 4.47. The highest BCUT2D eigenvalue weighted by molar-refractivity contribution is 14.0. The Labute approximate surface area is 179 Å². The van der Waals surface area contributed by atoms with E-state index in [-0.39, 0.29) is 24.0 Å². The molecular formula is C20H32IN5O. The van der Waals surface area contributed by atoms with Gasteiger partial charge in [0.15, 0.2) is 5.96 Å². The van der Waals surface area contributed by atoms with Crippen molar-refractivity contribution < 1.29 is 4.74 Å². The van der Waals surface area contributed by atoms with Crippen LogP contribution < -0.4 is 10.6 Å². The van der Waals surface area contributed by atoms with Crippen molar-refractivity contribution in [2.45, 2.75) is 39.8 Å². The number of halogens is 1. The smallest absolute Gasteiger partial charge is 0.191 e. The second-order valence-electron chi connectivity index (χ2n) is 6.31. The van der Waals surface area contributed by atoms with E-state index in [0.29, 0.717) is 13.2 Å². The number of guanidine groups is 1. The van der Waals surface area contributed by atoms with E-state index < -0.39 is 0 Å². The van der Waals surface area contributed by atoms with Gasteiger partial charge in [-0.3, -0.25) is 9.67 Å². The number of aryl methyl sites for hydroxylation is 2. The number of nitrogens with zero attached hydrogens (tertiary/aromatic N) is 3. The fourth-order valence-electron chi connectivity index (χ4n) is 2.92. The summed E-state index contributed by atoms with van der Waals surface area (Å²) in [4.78, 5) is 4.31. The third kappa shape index (κ3) is 7.50. The lowest BCUT2D eigenvalue weighted by Gasteiger charge is -2.12. The van der Waals surface area contributed by atoms with E-state index in [1.165, 1.54) is 16.8 Å². The highest BCUT2D eigenvalue weighted by atomic mass is 127. The van der Waals surface area contributed by atoms with Crippen LogP contribution in [0.25, 0.3) is 0 Å². The van der Waals surface area contributed by atoms with Crippen LogP contribution in [0, 0.1) is 13.8 Å². The number of aromatic nitrogens is 2. The molecule has 1 aromatic carbocycles. The molecule has 2 N–H and O–H groups in total. The van der Waals surface area contributed by atoms with Gasteiger partial charge in [-0.2, -0.15) is 5.10 Å². The van der Waals surface area contributed by atoms with Gasteiger partial charge in [0.05, 0.1) is 18.8 Å². The molecule has 0 atom stereocenters. The normalized spacial score (nSPS) is 11.2. The molecule has 0 radical (unpaired) electrons. The molecule has 150 valence electrons. The maximum absolute atomic E-state index is 5.15. The van der Waals surface area contributed by atoms with Gasteiger partial charge >= 0.3 is 0 Å². The van der Waals surface area contributed by atoms with Gasteiger partial charge < -0.3 is 15.4 Å². The Morgan fingerprint density at radius 2 is 1.93 bits per heavy atom. The predicted octanol–water partition coefficient (Wildman–Crippen LogP) is 3.06. The largest absolute Gasteiger partial charge is 0.383 e. The van der Waals surface area contributed by atoms with Crippen LogP contribution >= 0.6 is 24.0 Å². The quantitative estimate of drug-likeness (QED) is 0.248. The van der Waals surface area contributed by atoms with Crippen LogP contribution in [-0.4, -0.2) is 43.0 Å². The van der Waals surface area contributed by atoms with Crippen LogP contribution in [0.3, 0.4) is 0 Å². The average Bonchev–Trinajstić information content (AvgIpc) is 2.93. The van der Waals surface area contributed by atoms with Crippen LogP contribution in [0.15, 0.2) is 35.3 Å². The molecule has 1 heterocycles. The summed E-state index contributed by atoms with van der Waals surface area (Å²) in [6, 6.07) is 10.6. The van der Waals surface area contributed by atoms with Gasteiger partial charge in [0, 0.05) is 38.5 Å². The van der Waals surface area contributed by atoms with Gasteiger partial charge in [0.25, 0.3) is 0 Å². The van der Waals surface area contributed by atoms with Crippen LogP contribution in [0.1, 0.15) is 28.9 Å². The van der Waals surface area contributed by atoms with Gasteiger partial charge in [0.1, 0.15) is 0 Å². The van der Waals surface area contributed by atoms with Gasteiger partial charge in [-0.15, -0.1) is 24.0 Å². The highest BCUT2D eigenvalue weighted by Gasteiger charge is 2.11. The number of hydrogen-bond donors (Lipinski definition) is 2. The van der Waals surface area contributed by atoms with Crippen molar-refractivity contribution in [3.63, 3.8) is 0 Å². The number of ether oxygens (including phenoxy) is 1. The lowest BCUT2D eigenvalue weighted by Crippen LogP contribution is -2.37. The molecule has 0 saturated heterocycles. The first-order valence-corrected chi connectivity index (χ1v) is 9.16. The predicted molar refractivity (Wildman–Crippen MR) is 122 cm³/mol. The first kappa shape index (κ1) is 23.4. The zero-order chi connectivity index (χ0) is 18.8. The summed E-state index contributed by atoms with van der Waals surface area (Å²) in [6.45, 7) is 7.18. The number of rotatable bonds is 9. The molecule has 0 aliphatic rings. The third-order valence-corrected chi connectivity index (χ3v) is 4.47. The molecule has 0 bridgehead atoms. The zero-order valence-corrected chi connectivity index (χ0v) is 19.1. The summed E-state index contributed by atoms with van der Waals surface area (Å²) in [7, 11) is 3.51. The second-order valence-corrected chi connectivity index (χ2v) is 6.31. The minimum atomic E-state index is 0. The standard InChI is InChI=1S/C20H31N5O.HI/c1-16-19(17(2)25(24-16)13-14-26-4)15-23-20(21-3)22-12-8-11-18-9-6-5-7-10-18;/h5-7,9-10H,8,11-15H2,1-4H3,(H2,21,22,23);1H. The van der Waals surface area contributed by atoms with E-state index in [0.717, 1.165) is 37.6 Å². The van der Waals surface area contributed by atoms with Crippen molar-refractivity contribution in [3.8, 4) is 0 Å². The number of hydrogen-bond acceptors (Lipinski definition) is 3. The maximum Gasteiger partial charge on any atom is 0.191 e. The number of nitrogens with one attached hydrogen (secondary N) is 2. The van der Waals surface area contributed by atoms with Crippen molar-refractivity contribution >= 4 is 29.9 Å². The maximum atomic E-state index is 5.15. The molecule has 0 fully saturated rings. The Bertz CT molecular complexity index is 700. The van der Waals surface area contributed by atoms with Crippen molar-refractivity contribution in [2.24, 2.45) is 4.99 Å². The summed E-state index contributed by atoms with van der Waals surface area (Å²) in [6.07, 6.45) is 2.13. The minimum Gasteiger partial charge on any atom is -0.383 e. The van der Waals surface area contributed by atoms with E-state index in [9.17, 15) is 0 Å². The van der Waals surface area contributed by atoms with E-state index in [4.69, 9.17) is 4.74 Å². The molecule has 7 heteroatoms.